The number of benzene rings is 1. The van der Waals surface area contributed by atoms with Crippen LogP contribution in [-0.2, 0) is 11.2 Å². The molecule has 0 amide bonds. The average Bonchev–Trinajstić information content (AvgIpc) is 2.48. The second-order valence-corrected chi connectivity index (χ2v) is 2.76. The Morgan fingerprint density at radius 2 is 2.00 bits per heavy atom. The summed E-state index contributed by atoms with van der Waals surface area (Å²) in [5.41, 5.74) is 2.12. The van der Waals surface area contributed by atoms with E-state index >= 15 is 0 Å². The van der Waals surface area contributed by atoms with Gasteiger partial charge in [-0.2, -0.15) is 0 Å². The van der Waals surface area contributed by atoms with Gasteiger partial charge >= 0.3 is 5.97 Å². The molecule has 0 saturated heterocycles. The summed E-state index contributed by atoms with van der Waals surface area (Å²) in [4.78, 5) is 10.8. The van der Waals surface area contributed by atoms with E-state index in [1.54, 1.807) is 0 Å². The summed E-state index contributed by atoms with van der Waals surface area (Å²) in [5, 5.41) is 0. The van der Waals surface area contributed by atoms with Crippen molar-refractivity contribution in [1.82, 2.24) is 0 Å². The van der Waals surface area contributed by atoms with Gasteiger partial charge in [0.25, 0.3) is 0 Å². The molecule has 13 heavy (non-hydrogen) atoms. The largest absolute Gasteiger partial charge is 0.426 e. The Balaban J connectivity index is 0.000000396. The van der Waals surface area contributed by atoms with Crippen molar-refractivity contribution in [1.29, 1.82) is 0 Å². The number of carbonyl (C=O) groups is 1. The summed E-state index contributed by atoms with van der Waals surface area (Å²) in [7, 11) is 0. The Bertz CT molecular complexity index is 316. The van der Waals surface area contributed by atoms with Gasteiger partial charge < -0.3 is 4.74 Å². The molecule has 1 aromatic rings. The molecule has 2 heteroatoms. The number of hydrogen-bond donors (Lipinski definition) is 0. The van der Waals surface area contributed by atoms with E-state index in [-0.39, 0.29) is 5.97 Å². The molecule has 1 aliphatic rings. The van der Waals surface area contributed by atoms with E-state index in [0.717, 1.165) is 16.9 Å². The molecule has 0 aliphatic carbocycles. The predicted molar refractivity (Wildman–Crippen MR) is 51.9 cm³/mol. The Morgan fingerprint density at radius 3 is 2.69 bits per heavy atom. The van der Waals surface area contributed by atoms with Crippen LogP contribution < -0.4 is 4.74 Å². The van der Waals surface area contributed by atoms with Crippen LogP contribution in [0.1, 0.15) is 25.0 Å². The van der Waals surface area contributed by atoms with Crippen LogP contribution in [0.25, 0.3) is 0 Å². The van der Waals surface area contributed by atoms with E-state index in [9.17, 15) is 4.79 Å². The number of carbonyl (C=O) groups excluding carboxylic acids is 1. The highest BCUT2D eigenvalue weighted by Crippen LogP contribution is 2.26. The highest BCUT2D eigenvalue weighted by molar-refractivity contribution is 5.80. The lowest BCUT2D eigenvalue weighted by atomic mass is 10.1. The Morgan fingerprint density at radius 1 is 1.31 bits per heavy atom. The third-order valence-corrected chi connectivity index (χ3v) is 1.78. The first-order valence-electron chi connectivity index (χ1n) is 4.56. The zero-order chi connectivity index (χ0) is 9.84. The van der Waals surface area contributed by atoms with Crippen molar-refractivity contribution in [2.24, 2.45) is 0 Å². The van der Waals surface area contributed by atoms with Gasteiger partial charge in [-0.25, -0.2) is 0 Å². The Kier molecular flexibility index (Phi) is 3.07. The zero-order valence-corrected chi connectivity index (χ0v) is 8.26. The standard InChI is InChI=1S/C9H8O2.C2H6/c1-6-2-3-7-5-9(10)11-8(7)4-6;1-2/h2-4H,5H2,1H3;1-2H3. The van der Waals surface area contributed by atoms with Crippen molar-refractivity contribution in [2.75, 3.05) is 0 Å². The van der Waals surface area contributed by atoms with E-state index in [2.05, 4.69) is 0 Å². The van der Waals surface area contributed by atoms with Crippen molar-refractivity contribution < 1.29 is 9.53 Å². The summed E-state index contributed by atoms with van der Waals surface area (Å²) in [6, 6.07) is 5.82. The van der Waals surface area contributed by atoms with Gasteiger partial charge in [-0.05, 0) is 18.6 Å². The maximum absolute atomic E-state index is 10.8. The minimum Gasteiger partial charge on any atom is -0.426 e. The van der Waals surface area contributed by atoms with Crippen LogP contribution in [0.5, 0.6) is 5.75 Å². The van der Waals surface area contributed by atoms with Crippen molar-refractivity contribution >= 4 is 5.97 Å². The predicted octanol–water partition coefficient (Wildman–Crippen LogP) is 2.48. The molecule has 0 N–H and O–H groups in total. The summed E-state index contributed by atoms with van der Waals surface area (Å²) in [5.74, 6) is 0.584. The maximum atomic E-state index is 10.8. The van der Waals surface area contributed by atoms with Crippen LogP contribution in [0.2, 0.25) is 0 Å². The first-order valence-corrected chi connectivity index (χ1v) is 4.56. The monoisotopic (exact) mass is 178 g/mol. The molecule has 2 rings (SSSR count). The fourth-order valence-corrected chi connectivity index (χ4v) is 1.22. The van der Waals surface area contributed by atoms with Crippen molar-refractivity contribution in [3.8, 4) is 5.75 Å². The smallest absolute Gasteiger partial charge is 0.315 e. The number of hydrogen-bond acceptors (Lipinski definition) is 2. The van der Waals surface area contributed by atoms with Crippen LogP contribution in [0.3, 0.4) is 0 Å². The molecule has 1 aromatic carbocycles. The van der Waals surface area contributed by atoms with Crippen LogP contribution in [-0.4, -0.2) is 5.97 Å². The molecule has 0 unspecified atom stereocenters. The Labute approximate surface area is 78.5 Å². The first-order chi connectivity index (χ1) is 6.25. The maximum Gasteiger partial charge on any atom is 0.315 e. The van der Waals surface area contributed by atoms with Gasteiger partial charge in [-0.1, -0.05) is 26.0 Å². The number of aryl methyl sites for hydroxylation is 1. The Hall–Kier alpha value is -1.31. The van der Waals surface area contributed by atoms with Crippen molar-refractivity contribution in [2.45, 2.75) is 27.2 Å². The lowest BCUT2D eigenvalue weighted by molar-refractivity contribution is -0.131. The zero-order valence-electron chi connectivity index (χ0n) is 8.26. The van der Waals surface area contributed by atoms with Crippen LogP contribution in [0, 0.1) is 6.92 Å². The van der Waals surface area contributed by atoms with Gasteiger partial charge in [0.05, 0.1) is 6.42 Å². The van der Waals surface area contributed by atoms with Crippen molar-refractivity contribution in [3.05, 3.63) is 29.3 Å². The molecule has 0 aromatic heterocycles. The molecule has 0 bridgehead atoms. The van der Waals surface area contributed by atoms with E-state index < -0.39 is 0 Å². The minimum absolute atomic E-state index is 0.148. The molecular formula is C11H14O2. The molecule has 0 atom stereocenters. The lowest BCUT2D eigenvalue weighted by Gasteiger charge is -1.96. The molecular weight excluding hydrogens is 164 g/mol. The molecule has 2 nitrogen and oxygen atoms in total. The highest BCUT2D eigenvalue weighted by Gasteiger charge is 2.19. The van der Waals surface area contributed by atoms with Crippen LogP contribution >= 0.6 is 0 Å². The lowest BCUT2D eigenvalue weighted by Crippen LogP contribution is -2.00. The number of fused-ring (bicyclic) bond motifs is 1. The van der Waals surface area contributed by atoms with E-state index in [0.29, 0.717) is 6.42 Å². The third kappa shape index (κ3) is 2.08. The third-order valence-electron chi connectivity index (χ3n) is 1.78. The number of rotatable bonds is 0. The van der Waals surface area contributed by atoms with E-state index in [1.807, 2.05) is 39.0 Å². The van der Waals surface area contributed by atoms with Crippen LogP contribution in [0.4, 0.5) is 0 Å². The SMILES string of the molecule is CC.Cc1ccc2c(c1)OC(=O)C2. The molecule has 0 spiro atoms. The number of ether oxygens (including phenoxy) is 1. The molecule has 0 radical (unpaired) electrons. The van der Waals surface area contributed by atoms with E-state index in [1.165, 1.54) is 0 Å². The van der Waals surface area contributed by atoms with Gasteiger partial charge in [0.2, 0.25) is 0 Å². The summed E-state index contributed by atoms with van der Waals surface area (Å²) in [6.45, 7) is 5.98. The molecule has 70 valence electrons. The quantitative estimate of drug-likeness (QED) is 0.450. The fraction of sp³-hybridized carbons (Fsp3) is 0.364. The summed E-state index contributed by atoms with van der Waals surface area (Å²) in [6.07, 6.45) is 0.426. The minimum atomic E-state index is -0.148. The van der Waals surface area contributed by atoms with E-state index in [4.69, 9.17) is 4.74 Å². The van der Waals surface area contributed by atoms with Crippen molar-refractivity contribution in [3.63, 3.8) is 0 Å². The van der Waals surface area contributed by atoms with Gasteiger partial charge in [0, 0.05) is 5.56 Å². The second kappa shape index (κ2) is 4.08. The average molecular weight is 178 g/mol. The van der Waals surface area contributed by atoms with Gasteiger partial charge in [-0.15, -0.1) is 0 Å². The van der Waals surface area contributed by atoms with Gasteiger partial charge in [0.1, 0.15) is 5.75 Å². The molecule has 0 fully saturated rings. The highest BCUT2D eigenvalue weighted by atomic mass is 16.5. The van der Waals surface area contributed by atoms with Gasteiger partial charge in [-0.3, -0.25) is 4.79 Å². The summed E-state index contributed by atoms with van der Waals surface area (Å²) >= 11 is 0. The molecule has 0 saturated carbocycles. The summed E-state index contributed by atoms with van der Waals surface area (Å²) < 4.78 is 4.95. The topological polar surface area (TPSA) is 26.3 Å². The fourth-order valence-electron chi connectivity index (χ4n) is 1.22. The molecule has 1 aliphatic heterocycles. The number of esters is 1. The normalized spacial score (nSPS) is 12.7. The van der Waals surface area contributed by atoms with Crippen LogP contribution in [0.15, 0.2) is 18.2 Å². The van der Waals surface area contributed by atoms with Gasteiger partial charge in [0.15, 0.2) is 0 Å². The second-order valence-electron chi connectivity index (χ2n) is 2.76. The molecule has 1 heterocycles. The first kappa shape index (κ1) is 9.78.